The fourth-order valence-corrected chi connectivity index (χ4v) is 2.04. The van der Waals surface area contributed by atoms with E-state index in [0.717, 1.165) is 31.5 Å². The van der Waals surface area contributed by atoms with E-state index in [0.29, 0.717) is 0 Å². The lowest BCUT2D eigenvalue weighted by atomic mass is 10.1. The maximum atomic E-state index is 5.43. The van der Waals surface area contributed by atoms with Crippen LogP contribution in [0, 0.1) is 5.92 Å². The first kappa shape index (κ1) is 10.0. The Labute approximate surface area is 75.9 Å². The second-order valence-corrected chi connectivity index (χ2v) is 3.88. The van der Waals surface area contributed by atoms with Gasteiger partial charge in [0.15, 0.2) is 0 Å². The predicted molar refractivity (Wildman–Crippen MR) is 53.1 cm³/mol. The first-order valence-corrected chi connectivity index (χ1v) is 5.30. The molecule has 0 heterocycles. The highest BCUT2D eigenvalue weighted by atomic mass is 14.9. The summed E-state index contributed by atoms with van der Waals surface area (Å²) in [5.74, 6) is 0.986. The van der Waals surface area contributed by atoms with Crippen LogP contribution in [0.15, 0.2) is 0 Å². The van der Waals surface area contributed by atoms with Crippen molar-refractivity contribution in [1.82, 2.24) is 5.32 Å². The fourth-order valence-electron chi connectivity index (χ4n) is 2.04. The molecule has 0 aromatic carbocycles. The van der Waals surface area contributed by atoms with E-state index in [1.54, 1.807) is 0 Å². The standard InChI is InChI=1S/C10H22N2/c1-2-9-4-5-10(8-9)12-7-3-6-11/h9-10,12H,2-8,11H2,1H3. The molecule has 0 spiro atoms. The second kappa shape index (κ2) is 5.55. The third-order valence-corrected chi connectivity index (χ3v) is 2.93. The van der Waals surface area contributed by atoms with Crippen molar-refractivity contribution in [3.05, 3.63) is 0 Å². The summed E-state index contributed by atoms with van der Waals surface area (Å²) in [4.78, 5) is 0. The van der Waals surface area contributed by atoms with E-state index in [4.69, 9.17) is 5.73 Å². The highest BCUT2D eigenvalue weighted by molar-refractivity contribution is 4.79. The van der Waals surface area contributed by atoms with E-state index in [1.807, 2.05) is 0 Å². The van der Waals surface area contributed by atoms with Crippen LogP contribution in [0.2, 0.25) is 0 Å². The van der Waals surface area contributed by atoms with Crippen molar-refractivity contribution in [2.45, 2.75) is 45.1 Å². The monoisotopic (exact) mass is 170 g/mol. The first-order chi connectivity index (χ1) is 5.86. The number of rotatable bonds is 5. The zero-order valence-electron chi connectivity index (χ0n) is 8.18. The molecule has 2 nitrogen and oxygen atoms in total. The largest absolute Gasteiger partial charge is 0.330 e. The Hall–Kier alpha value is -0.0800. The van der Waals surface area contributed by atoms with Crippen LogP contribution in [0.1, 0.15) is 39.0 Å². The van der Waals surface area contributed by atoms with Crippen LogP contribution in [-0.2, 0) is 0 Å². The van der Waals surface area contributed by atoms with E-state index in [1.165, 1.54) is 25.7 Å². The van der Waals surface area contributed by atoms with Gasteiger partial charge in [0.2, 0.25) is 0 Å². The van der Waals surface area contributed by atoms with Gasteiger partial charge in [-0.2, -0.15) is 0 Å². The molecule has 1 fully saturated rings. The number of nitrogens with two attached hydrogens (primary N) is 1. The Kier molecular flexibility index (Phi) is 4.62. The van der Waals surface area contributed by atoms with Crippen LogP contribution < -0.4 is 11.1 Å². The average molecular weight is 170 g/mol. The molecule has 2 heteroatoms. The average Bonchev–Trinajstić information content (AvgIpc) is 2.53. The van der Waals surface area contributed by atoms with Crippen LogP contribution in [0.4, 0.5) is 0 Å². The molecular weight excluding hydrogens is 148 g/mol. The maximum Gasteiger partial charge on any atom is 0.00698 e. The SMILES string of the molecule is CCC1CCC(NCCCN)C1. The molecule has 12 heavy (non-hydrogen) atoms. The third kappa shape index (κ3) is 3.11. The van der Waals surface area contributed by atoms with Crippen LogP contribution in [0.3, 0.4) is 0 Å². The van der Waals surface area contributed by atoms with E-state index in [-0.39, 0.29) is 0 Å². The summed E-state index contributed by atoms with van der Waals surface area (Å²) in [6.45, 7) is 4.22. The summed E-state index contributed by atoms with van der Waals surface area (Å²) in [5, 5.41) is 3.57. The Balaban J connectivity index is 2.03. The van der Waals surface area contributed by atoms with Gasteiger partial charge in [-0.25, -0.2) is 0 Å². The van der Waals surface area contributed by atoms with Crippen molar-refractivity contribution in [2.24, 2.45) is 11.7 Å². The summed E-state index contributed by atoms with van der Waals surface area (Å²) < 4.78 is 0. The lowest BCUT2D eigenvalue weighted by Crippen LogP contribution is -2.28. The molecule has 1 aliphatic rings. The molecule has 1 rings (SSSR count). The molecule has 0 bridgehead atoms. The molecule has 0 aromatic heterocycles. The molecule has 0 saturated heterocycles. The minimum Gasteiger partial charge on any atom is -0.330 e. The van der Waals surface area contributed by atoms with Gasteiger partial charge in [0.05, 0.1) is 0 Å². The molecule has 1 saturated carbocycles. The van der Waals surface area contributed by atoms with E-state index < -0.39 is 0 Å². The van der Waals surface area contributed by atoms with Crippen LogP contribution in [0.5, 0.6) is 0 Å². The minimum atomic E-state index is 0.793. The lowest BCUT2D eigenvalue weighted by Gasteiger charge is -2.11. The zero-order valence-corrected chi connectivity index (χ0v) is 8.18. The minimum absolute atomic E-state index is 0.793. The van der Waals surface area contributed by atoms with E-state index in [9.17, 15) is 0 Å². The summed E-state index contributed by atoms with van der Waals surface area (Å²) in [6, 6.07) is 0.793. The Bertz CT molecular complexity index is 114. The van der Waals surface area contributed by atoms with Gasteiger partial charge < -0.3 is 11.1 Å². The first-order valence-electron chi connectivity index (χ1n) is 5.30. The quantitative estimate of drug-likeness (QED) is 0.614. The van der Waals surface area contributed by atoms with Gasteiger partial charge in [0.1, 0.15) is 0 Å². The summed E-state index contributed by atoms with van der Waals surface area (Å²) in [6.07, 6.45) is 6.67. The molecule has 0 aromatic rings. The summed E-state index contributed by atoms with van der Waals surface area (Å²) >= 11 is 0. The second-order valence-electron chi connectivity index (χ2n) is 3.88. The van der Waals surface area contributed by atoms with Crippen LogP contribution in [-0.4, -0.2) is 19.1 Å². The van der Waals surface area contributed by atoms with E-state index in [2.05, 4.69) is 12.2 Å². The van der Waals surface area contributed by atoms with Gasteiger partial charge in [0, 0.05) is 6.04 Å². The van der Waals surface area contributed by atoms with Crippen molar-refractivity contribution in [3.8, 4) is 0 Å². The van der Waals surface area contributed by atoms with Crippen molar-refractivity contribution in [1.29, 1.82) is 0 Å². The zero-order chi connectivity index (χ0) is 8.81. The summed E-state index contributed by atoms with van der Waals surface area (Å²) in [7, 11) is 0. The topological polar surface area (TPSA) is 38.0 Å². The third-order valence-electron chi connectivity index (χ3n) is 2.93. The van der Waals surface area contributed by atoms with Gasteiger partial charge >= 0.3 is 0 Å². The molecule has 3 N–H and O–H groups in total. The van der Waals surface area contributed by atoms with Gasteiger partial charge in [-0.05, 0) is 44.7 Å². The highest BCUT2D eigenvalue weighted by Crippen LogP contribution is 2.27. The van der Waals surface area contributed by atoms with E-state index >= 15 is 0 Å². The van der Waals surface area contributed by atoms with Crippen molar-refractivity contribution in [2.75, 3.05) is 13.1 Å². The Morgan fingerprint density at radius 3 is 2.83 bits per heavy atom. The van der Waals surface area contributed by atoms with Gasteiger partial charge in [0.25, 0.3) is 0 Å². The van der Waals surface area contributed by atoms with Crippen LogP contribution >= 0.6 is 0 Å². The molecule has 0 aliphatic heterocycles. The fraction of sp³-hybridized carbons (Fsp3) is 1.00. The van der Waals surface area contributed by atoms with Gasteiger partial charge in [-0.3, -0.25) is 0 Å². The predicted octanol–water partition coefficient (Wildman–Crippen LogP) is 1.50. The molecular formula is C10H22N2. The molecule has 72 valence electrons. The molecule has 1 aliphatic carbocycles. The van der Waals surface area contributed by atoms with Crippen molar-refractivity contribution in [3.63, 3.8) is 0 Å². The smallest absolute Gasteiger partial charge is 0.00698 e. The van der Waals surface area contributed by atoms with Gasteiger partial charge in [-0.15, -0.1) is 0 Å². The molecule has 0 radical (unpaired) electrons. The number of nitrogens with one attached hydrogen (secondary N) is 1. The molecule has 0 amide bonds. The highest BCUT2D eigenvalue weighted by Gasteiger charge is 2.21. The Morgan fingerprint density at radius 1 is 1.42 bits per heavy atom. The maximum absolute atomic E-state index is 5.43. The molecule has 2 atom stereocenters. The van der Waals surface area contributed by atoms with Crippen molar-refractivity contribution >= 4 is 0 Å². The lowest BCUT2D eigenvalue weighted by molar-refractivity contribution is 0.475. The Morgan fingerprint density at radius 2 is 2.25 bits per heavy atom. The van der Waals surface area contributed by atoms with Crippen molar-refractivity contribution < 1.29 is 0 Å². The van der Waals surface area contributed by atoms with Gasteiger partial charge in [-0.1, -0.05) is 13.3 Å². The summed E-state index contributed by atoms with van der Waals surface area (Å²) in [5.41, 5.74) is 5.43. The van der Waals surface area contributed by atoms with Crippen LogP contribution in [0.25, 0.3) is 0 Å². The number of hydrogen-bond donors (Lipinski definition) is 2. The normalized spacial score (nSPS) is 29.5. The number of hydrogen-bond acceptors (Lipinski definition) is 2. The molecule has 2 unspecified atom stereocenters.